The summed E-state index contributed by atoms with van der Waals surface area (Å²) in [7, 11) is 0. The molecule has 1 atom stereocenters. The van der Waals surface area contributed by atoms with Gasteiger partial charge in [-0.15, -0.1) is 0 Å². The van der Waals surface area contributed by atoms with Crippen molar-refractivity contribution in [1.29, 1.82) is 5.26 Å². The molecule has 0 bridgehead atoms. The number of aromatic nitrogens is 1. The molecule has 1 fully saturated rings. The lowest BCUT2D eigenvalue weighted by atomic mass is 10.0. The number of nitrogens with zero attached hydrogens (tertiary/aromatic N) is 5. The topological polar surface area (TPSA) is 194 Å². The first-order valence-corrected chi connectivity index (χ1v) is 19.5. The first-order chi connectivity index (χ1) is 30.3. The van der Waals surface area contributed by atoms with Crippen LogP contribution in [0.25, 0.3) is 11.3 Å². The zero-order chi connectivity index (χ0) is 46.8. The summed E-state index contributed by atoms with van der Waals surface area (Å²) >= 11 is 5.39. The maximum Gasteiger partial charge on any atom is 0.420 e. The average Bonchev–Trinajstić information content (AvgIpc) is 3.59. The van der Waals surface area contributed by atoms with Crippen LogP contribution in [0.1, 0.15) is 65.5 Å². The fourth-order valence-corrected chi connectivity index (χ4v) is 7.72. The Morgan fingerprint density at radius 2 is 1.75 bits per heavy atom. The predicted molar refractivity (Wildman–Crippen MR) is 219 cm³/mol. The van der Waals surface area contributed by atoms with Crippen LogP contribution in [0, 0.1) is 28.8 Å². The second-order valence-electron chi connectivity index (χ2n) is 14.6. The van der Waals surface area contributed by atoms with Crippen molar-refractivity contribution in [3.05, 3.63) is 100 Å². The zero-order valence-corrected chi connectivity index (χ0v) is 34.6. The van der Waals surface area contributed by atoms with E-state index in [2.05, 4.69) is 15.6 Å². The summed E-state index contributed by atoms with van der Waals surface area (Å²) < 4.78 is 92.8. The average molecular weight is 909 g/mol. The van der Waals surface area contributed by atoms with Crippen molar-refractivity contribution in [2.24, 2.45) is 0 Å². The first-order valence-electron chi connectivity index (χ1n) is 19.1. The minimum absolute atomic E-state index is 0.0159. The third-order valence-corrected chi connectivity index (χ3v) is 10.5. The second kappa shape index (κ2) is 18.1. The molecule has 4 aromatic rings. The minimum Gasteiger partial charge on any atom is -0.481 e. The first kappa shape index (κ1) is 46.1. The van der Waals surface area contributed by atoms with Gasteiger partial charge in [0, 0.05) is 30.4 Å². The lowest BCUT2D eigenvalue weighted by molar-refractivity contribution is -0.140. The second-order valence-corrected chi connectivity index (χ2v) is 15.0. The molecule has 22 heteroatoms. The van der Waals surface area contributed by atoms with E-state index in [9.17, 15) is 41.9 Å². The van der Waals surface area contributed by atoms with Gasteiger partial charge >= 0.3 is 6.18 Å². The van der Waals surface area contributed by atoms with Gasteiger partial charge in [-0.3, -0.25) is 48.9 Å². The molecule has 1 saturated heterocycles. The molecule has 0 saturated carbocycles. The van der Waals surface area contributed by atoms with Gasteiger partial charge in [0.25, 0.3) is 23.6 Å². The normalized spacial score (nSPS) is 14.9. The lowest BCUT2D eigenvalue weighted by Crippen LogP contribution is -2.49. The maximum absolute atomic E-state index is 15.7. The van der Waals surface area contributed by atoms with Crippen molar-refractivity contribution < 1.29 is 59.8 Å². The summed E-state index contributed by atoms with van der Waals surface area (Å²) in [4.78, 5) is 82.4. The standard InChI is InChI=1S/C42H34F6N8O7S/c1-4-6-29(36(59)53-20-57)54-37(60)24-7-5-8-27(32(24)38(54)61)50-13-14-51-31(58)19-63-30-12-10-21(15-25(30)43)35-26(44)16-23(18-52-35)56-40(64)55(39(62)41(56,2)3)28-11-9-22(17-49)33(34(28)45)42(46,47)48/h5,7-12,15-16,18,20,29,50H,4,6,13-14,19H2,1-3H3,(H,51,58)(H,53,57,59). The monoisotopic (exact) mass is 908 g/mol. The number of thiocarbonyl (C=S) groups is 1. The van der Waals surface area contributed by atoms with Crippen LogP contribution in [-0.4, -0.2) is 82.2 Å². The Morgan fingerprint density at radius 3 is 2.39 bits per heavy atom. The number of nitriles is 1. The number of pyridine rings is 1. The molecule has 6 rings (SSSR count). The number of ether oxygens (including phenoxy) is 1. The Hall–Kier alpha value is -7.41. The van der Waals surface area contributed by atoms with E-state index in [1.807, 2.05) is 5.32 Å². The van der Waals surface area contributed by atoms with E-state index in [1.54, 1.807) is 6.92 Å². The summed E-state index contributed by atoms with van der Waals surface area (Å²) in [6.07, 6.45) is -3.50. The fraction of sp³-hybridized carbons (Fsp3) is 0.262. The number of amides is 6. The lowest BCUT2D eigenvalue weighted by Gasteiger charge is -2.29. The van der Waals surface area contributed by atoms with E-state index in [1.165, 1.54) is 44.2 Å². The van der Waals surface area contributed by atoms with Crippen molar-refractivity contribution in [2.45, 2.75) is 51.4 Å². The number of nitrogens with one attached hydrogen (secondary N) is 3. The highest BCUT2D eigenvalue weighted by molar-refractivity contribution is 7.81. The summed E-state index contributed by atoms with van der Waals surface area (Å²) in [5, 5.41) is 16.1. The Balaban J connectivity index is 1.07. The number of fused-ring (bicyclic) bond motifs is 1. The highest BCUT2D eigenvalue weighted by atomic mass is 32.1. The highest BCUT2D eigenvalue weighted by Gasteiger charge is 2.52. The molecule has 0 aliphatic carbocycles. The Bertz CT molecular complexity index is 2670. The number of anilines is 3. The van der Waals surface area contributed by atoms with Gasteiger partial charge in [0.2, 0.25) is 12.3 Å². The number of hydrogen-bond acceptors (Lipinski definition) is 11. The van der Waals surface area contributed by atoms with Gasteiger partial charge in [-0.1, -0.05) is 19.4 Å². The van der Waals surface area contributed by atoms with Crippen molar-refractivity contribution in [3.8, 4) is 23.1 Å². The van der Waals surface area contributed by atoms with E-state index in [4.69, 9.17) is 22.2 Å². The van der Waals surface area contributed by atoms with Crippen LogP contribution in [0.4, 0.5) is 43.4 Å². The van der Waals surface area contributed by atoms with Crippen LogP contribution < -0.4 is 30.5 Å². The van der Waals surface area contributed by atoms with Crippen molar-refractivity contribution in [3.63, 3.8) is 0 Å². The zero-order valence-electron chi connectivity index (χ0n) is 33.7. The molecule has 64 heavy (non-hydrogen) atoms. The molecule has 3 heterocycles. The molecule has 6 amide bonds. The number of carbonyl (C=O) groups excluding carboxylic acids is 6. The van der Waals surface area contributed by atoms with E-state index in [0.717, 1.165) is 40.3 Å². The van der Waals surface area contributed by atoms with Crippen molar-refractivity contribution in [2.75, 3.05) is 34.8 Å². The number of imide groups is 2. The number of rotatable bonds is 15. The summed E-state index contributed by atoms with van der Waals surface area (Å²) in [5.74, 6) is -8.21. The predicted octanol–water partition coefficient (Wildman–Crippen LogP) is 5.62. The molecule has 332 valence electrons. The number of carbonyl (C=O) groups is 6. The Morgan fingerprint density at radius 1 is 1.02 bits per heavy atom. The van der Waals surface area contributed by atoms with Crippen LogP contribution in [0.15, 0.2) is 60.8 Å². The number of alkyl halides is 3. The molecule has 3 N–H and O–H groups in total. The SMILES string of the molecule is CCCC(C(=O)NC=O)N1C(=O)c2cccc(NCCNC(=O)COc3ccc(-c4ncc(N5C(=S)N(c6ccc(C#N)c(C(F)(F)F)c6F)C(=O)C5(C)C)cc4F)cc3F)c2C1=O. The summed E-state index contributed by atoms with van der Waals surface area (Å²) in [5.41, 5.74) is -5.77. The van der Waals surface area contributed by atoms with Gasteiger partial charge in [0.1, 0.15) is 22.8 Å². The van der Waals surface area contributed by atoms with Gasteiger partial charge in [0.05, 0.1) is 40.3 Å². The van der Waals surface area contributed by atoms with Crippen molar-refractivity contribution in [1.82, 2.24) is 20.5 Å². The number of halogens is 6. The van der Waals surface area contributed by atoms with Gasteiger partial charge in [0.15, 0.2) is 34.9 Å². The molecule has 3 aromatic carbocycles. The van der Waals surface area contributed by atoms with Gasteiger partial charge < -0.3 is 20.3 Å². The van der Waals surface area contributed by atoms with Crippen LogP contribution in [0.5, 0.6) is 5.75 Å². The minimum atomic E-state index is -5.29. The Kier molecular flexibility index (Phi) is 13.1. The number of hydrogen-bond donors (Lipinski definition) is 3. The molecular weight excluding hydrogens is 875 g/mol. The number of benzene rings is 3. The van der Waals surface area contributed by atoms with Crippen molar-refractivity contribution >= 4 is 70.3 Å². The summed E-state index contributed by atoms with van der Waals surface area (Å²) in [6.45, 7) is 3.77. The molecule has 2 aliphatic rings. The molecule has 2 aliphatic heterocycles. The molecule has 1 aromatic heterocycles. The molecule has 15 nitrogen and oxygen atoms in total. The third kappa shape index (κ3) is 8.53. The van der Waals surface area contributed by atoms with E-state index < -0.39 is 93.3 Å². The molecule has 0 radical (unpaired) electrons. The van der Waals surface area contributed by atoms with E-state index >= 15 is 13.2 Å². The van der Waals surface area contributed by atoms with Gasteiger partial charge in [-0.2, -0.15) is 18.4 Å². The van der Waals surface area contributed by atoms with Crippen LogP contribution >= 0.6 is 12.2 Å². The largest absolute Gasteiger partial charge is 0.481 e. The third-order valence-electron chi connectivity index (χ3n) is 10.2. The van der Waals surface area contributed by atoms with E-state index in [-0.39, 0.29) is 65.4 Å². The van der Waals surface area contributed by atoms with Crippen LogP contribution in [0.3, 0.4) is 0 Å². The highest BCUT2D eigenvalue weighted by Crippen LogP contribution is 2.42. The van der Waals surface area contributed by atoms with E-state index in [0.29, 0.717) is 17.4 Å². The van der Waals surface area contributed by atoms with Crippen LogP contribution in [-0.2, 0) is 25.4 Å². The molecular formula is C42H34F6N8O7S. The molecule has 1 unspecified atom stereocenters. The maximum atomic E-state index is 15.7. The quantitative estimate of drug-likeness (QED) is 0.0439. The van der Waals surface area contributed by atoms with Crippen LogP contribution in [0.2, 0.25) is 0 Å². The summed E-state index contributed by atoms with van der Waals surface area (Å²) in [6, 6.07) is 10.2. The van der Waals surface area contributed by atoms with Gasteiger partial charge in [-0.25, -0.2) is 13.2 Å². The fourth-order valence-electron chi connectivity index (χ4n) is 7.21. The molecule has 0 spiro atoms. The van der Waals surface area contributed by atoms with Gasteiger partial charge in [-0.05, 0) is 75.0 Å². The Labute approximate surface area is 365 Å². The smallest absolute Gasteiger partial charge is 0.420 e.